The third kappa shape index (κ3) is 4.10. The van der Waals surface area contributed by atoms with Crippen molar-refractivity contribution in [2.75, 3.05) is 6.26 Å². The van der Waals surface area contributed by atoms with E-state index in [1.165, 1.54) is 4.90 Å². The molecule has 0 bridgehead atoms. The van der Waals surface area contributed by atoms with Gasteiger partial charge in [0.05, 0.1) is 0 Å². The van der Waals surface area contributed by atoms with Gasteiger partial charge in [-0.05, 0) is 18.4 Å². The van der Waals surface area contributed by atoms with Crippen LogP contribution in [-0.4, -0.2) is 12.0 Å². The first-order chi connectivity index (χ1) is 8.29. The number of thioether (sulfide) groups is 1. The summed E-state index contributed by atoms with van der Waals surface area (Å²) < 4.78 is 1.88. The molecule has 0 amide bonds. The lowest BCUT2D eigenvalue weighted by Gasteiger charge is -1.99. The zero-order valence-corrected chi connectivity index (χ0v) is 13.0. The number of hydrogen-bond donors (Lipinski definition) is 0. The Morgan fingerprint density at radius 1 is 1.11 bits per heavy atom. The van der Waals surface area contributed by atoms with Gasteiger partial charge in [-0.2, -0.15) is 4.57 Å². The summed E-state index contributed by atoms with van der Waals surface area (Å²) in [6, 6.07) is 13.5. The van der Waals surface area contributed by atoms with E-state index in [2.05, 4.69) is 0 Å². The summed E-state index contributed by atoms with van der Waals surface area (Å²) in [5, 5.41) is 0. The molecule has 18 heavy (non-hydrogen) atoms. The van der Waals surface area contributed by atoms with Gasteiger partial charge in [-0.15, -0.1) is 11.8 Å². The summed E-state index contributed by atoms with van der Waals surface area (Å²) in [7, 11) is 0. The van der Waals surface area contributed by atoms with Crippen molar-refractivity contribution < 1.29 is 33.3 Å². The fraction of sp³-hybridized carbons (Fsp3) is 0.143. The summed E-state index contributed by atoms with van der Waals surface area (Å²) in [4.78, 5) is 13.2. The van der Waals surface area contributed by atoms with E-state index in [9.17, 15) is 4.79 Å². The molecule has 0 saturated carbocycles. The largest absolute Gasteiger partial charge is 1.00 e. The van der Waals surface area contributed by atoms with E-state index in [4.69, 9.17) is 0 Å². The lowest BCUT2D eigenvalue weighted by atomic mass is 10.1. The van der Waals surface area contributed by atoms with Crippen molar-refractivity contribution in [3.8, 4) is 0 Å². The van der Waals surface area contributed by atoms with E-state index >= 15 is 0 Å². The number of halogens is 1. The molecule has 1 heterocycles. The highest BCUT2D eigenvalue weighted by Crippen LogP contribution is 2.15. The highest BCUT2D eigenvalue weighted by Gasteiger charge is 2.10. The Hall–Kier alpha value is -0.880. The van der Waals surface area contributed by atoms with Gasteiger partial charge in [0.25, 0.3) is 0 Å². The minimum atomic E-state index is 0. The summed E-state index contributed by atoms with van der Waals surface area (Å²) in [6.07, 6.45) is 5.82. The van der Waals surface area contributed by atoms with Gasteiger partial charge in [0.2, 0.25) is 12.3 Å². The number of benzene rings is 1. The van der Waals surface area contributed by atoms with Crippen LogP contribution in [0, 0.1) is 0 Å². The first-order valence-electron chi connectivity index (χ1n) is 5.41. The van der Waals surface area contributed by atoms with Crippen LogP contribution in [0.1, 0.15) is 10.4 Å². The maximum atomic E-state index is 12.0. The number of aromatic nitrogens is 1. The van der Waals surface area contributed by atoms with E-state index in [1.54, 1.807) is 11.8 Å². The number of carbonyl (C=O) groups excluding carboxylic acids is 1. The van der Waals surface area contributed by atoms with Crippen LogP contribution in [0.2, 0.25) is 0 Å². The molecule has 2 nitrogen and oxygen atoms in total. The van der Waals surface area contributed by atoms with Gasteiger partial charge >= 0.3 is 0 Å². The number of pyridine rings is 1. The fourth-order valence-electron chi connectivity index (χ4n) is 1.57. The summed E-state index contributed by atoms with van der Waals surface area (Å²) in [5.74, 6) is 0.133. The Bertz CT molecular complexity index is 499. The van der Waals surface area contributed by atoms with Crippen molar-refractivity contribution in [2.24, 2.45) is 0 Å². The lowest BCUT2D eigenvalue weighted by Crippen LogP contribution is -3.00. The summed E-state index contributed by atoms with van der Waals surface area (Å²) >= 11 is 1.68. The molecule has 1 aromatic heterocycles. The molecule has 0 fully saturated rings. The van der Waals surface area contributed by atoms with Crippen LogP contribution in [-0.2, 0) is 6.54 Å². The Morgan fingerprint density at radius 3 is 2.28 bits per heavy atom. The molecule has 0 radical (unpaired) electrons. The van der Waals surface area contributed by atoms with Crippen LogP contribution in [0.3, 0.4) is 0 Å². The van der Waals surface area contributed by atoms with Crippen molar-refractivity contribution in [3.05, 3.63) is 60.4 Å². The Balaban J connectivity index is 0.00000162. The summed E-state index contributed by atoms with van der Waals surface area (Å²) in [5.41, 5.74) is 0.763. The zero-order chi connectivity index (χ0) is 12.1. The molecule has 0 saturated heterocycles. The van der Waals surface area contributed by atoms with E-state index in [0.29, 0.717) is 6.54 Å². The molecular formula is C14H14INOS. The molecule has 4 heteroatoms. The Kier molecular flexibility index (Phi) is 6.35. The second kappa shape index (κ2) is 7.53. The number of ketones is 1. The highest BCUT2D eigenvalue weighted by atomic mass is 127. The fourth-order valence-corrected chi connectivity index (χ4v) is 1.98. The van der Waals surface area contributed by atoms with E-state index in [1.807, 2.05) is 65.7 Å². The highest BCUT2D eigenvalue weighted by molar-refractivity contribution is 7.98. The van der Waals surface area contributed by atoms with Crippen molar-refractivity contribution in [2.45, 2.75) is 11.4 Å². The van der Waals surface area contributed by atoms with Crippen LogP contribution >= 0.6 is 11.8 Å². The average molecular weight is 371 g/mol. The molecular weight excluding hydrogens is 357 g/mol. The molecule has 0 aliphatic rings. The molecule has 0 unspecified atom stereocenters. The monoisotopic (exact) mass is 371 g/mol. The van der Waals surface area contributed by atoms with E-state index < -0.39 is 0 Å². The number of carbonyl (C=O) groups is 1. The topological polar surface area (TPSA) is 20.9 Å². The van der Waals surface area contributed by atoms with Crippen molar-refractivity contribution >= 4 is 17.5 Å². The summed E-state index contributed by atoms with van der Waals surface area (Å²) in [6.45, 7) is 0.388. The van der Waals surface area contributed by atoms with Gasteiger partial charge in [-0.3, -0.25) is 4.79 Å². The quantitative estimate of drug-likeness (QED) is 0.315. The zero-order valence-electron chi connectivity index (χ0n) is 10.0. The SMILES string of the molecule is CSc1ccc(C(=O)C[n+]2ccccc2)cc1.[I-]. The van der Waals surface area contributed by atoms with Gasteiger partial charge in [-0.1, -0.05) is 18.2 Å². The minimum absolute atomic E-state index is 0. The molecule has 94 valence electrons. The van der Waals surface area contributed by atoms with Gasteiger partial charge in [0.15, 0.2) is 12.4 Å². The van der Waals surface area contributed by atoms with Crippen LogP contribution in [0.5, 0.6) is 0 Å². The second-order valence-corrected chi connectivity index (χ2v) is 4.58. The smallest absolute Gasteiger partial charge is 0.227 e. The van der Waals surface area contributed by atoms with Gasteiger partial charge in [-0.25, -0.2) is 0 Å². The number of rotatable bonds is 4. The predicted molar refractivity (Wildman–Crippen MR) is 69.2 cm³/mol. The van der Waals surface area contributed by atoms with Gasteiger partial charge < -0.3 is 24.0 Å². The molecule has 1 aromatic carbocycles. The third-order valence-corrected chi connectivity index (χ3v) is 3.26. The maximum absolute atomic E-state index is 12.0. The van der Waals surface area contributed by atoms with Gasteiger partial charge in [0, 0.05) is 22.6 Å². The maximum Gasteiger partial charge on any atom is 0.227 e. The van der Waals surface area contributed by atoms with Crippen molar-refractivity contribution in [1.82, 2.24) is 0 Å². The van der Waals surface area contributed by atoms with Crippen LogP contribution in [0.15, 0.2) is 59.8 Å². The Morgan fingerprint density at radius 2 is 1.72 bits per heavy atom. The van der Waals surface area contributed by atoms with Crippen LogP contribution in [0.25, 0.3) is 0 Å². The van der Waals surface area contributed by atoms with Gasteiger partial charge in [0.1, 0.15) is 0 Å². The number of hydrogen-bond acceptors (Lipinski definition) is 2. The minimum Gasteiger partial charge on any atom is -1.00 e. The number of Topliss-reactive ketones (excluding diaryl/α,β-unsaturated/α-hetero) is 1. The first kappa shape index (κ1) is 15.2. The first-order valence-corrected chi connectivity index (χ1v) is 6.63. The van der Waals surface area contributed by atoms with E-state index in [0.717, 1.165) is 5.56 Å². The normalized spacial score (nSPS) is 9.61. The molecule has 2 rings (SSSR count). The predicted octanol–water partition coefficient (Wildman–Crippen LogP) is -0.417. The van der Waals surface area contributed by atoms with Crippen molar-refractivity contribution in [3.63, 3.8) is 0 Å². The molecule has 0 atom stereocenters. The van der Waals surface area contributed by atoms with Crippen LogP contribution < -0.4 is 28.5 Å². The Labute approximate surface area is 128 Å². The number of nitrogens with zero attached hydrogens (tertiary/aromatic N) is 1. The second-order valence-electron chi connectivity index (χ2n) is 3.70. The van der Waals surface area contributed by atoms with Crippen LogP contribution in [0.4, 0.5) is 0 Å². The molecule has 0 aliphatic heterocycles. The van der Waals surface area contributed by atoms with E-state index in [-0.39, 0.29) is 29.8 Å². The molecule has 2 aromatic rings. The molecule has 0 spiro atoms. The lowest BCUT2D eigenvalue weighted by molar-refractivity contribution is -0.683. The van der Waals surface area contributed by atoms with Crippen molar-refractivity contribution in [1.29, 1.82) is 0 Å². The molecule has 0 N–H and O–H groups in total. The molecule has 0 aliphatic carbocycles. The average Bonchev–Trinajstić information content (AvgIpc) is 2.40. The third-order valence-electron chi connectivity index (χ3n) is 2.52. The standard InChI is InChI=1S/C14H14NOS.HI/c1-17-13-7-5-12(6-8-13)14(16)11-15-9-3-2-4-10-15;/h2-10H,11H2,1H3;1H/q+1;/p-1.